The predicted molar refractivity (Wildman–Crippen MR) is 77.7 cm³/mol. The number of amides is 1. The molecule has 1 aliphatic rings. The lowest BCUT2D eigenvalue weighted by molar-refractivity contribution is -0.127. The summed E-state index contributed by atoms with van der Waals surface area (Å²) in [6, 6.07) is 7.12. The molecule has 1 fully saturated rings. The fourth-order valence-corrected chi connectivity index (χ4v) is 2.88. The minimum absolute atomic E-state index is 0.152. The van der Waals surface area contributed by atoms with Crippen molar-refractivity contribution in [3.05, 3.63) is 29.3 Å². The summed E-state index contributed by atoms with van der Waals surface area (Å²) < 4.78 is 0. The van der Waals surface area contributed by atoms with E-state index in [0.717, 1.165) is 0 Å². The van der Waals surface area contributed by atoms with Crippen molar-refractivity contribution in [2.45, 2.75) is 19.8 Å². The minimum Gasteiger partial charge on any atom is -0.392 e. The standard InChI is InChI=1S/C13H15ClN2OS/c1-8-6-13(7-8,11(15)18)12(17)16-10-5-3-2-4-9(10)14/h2-5,8H,6-7H2,1H3,(H2,15,18)(H,16,17). The smallest absolute Gasteiger partial charge is 0.237 e. The van der Waals surface area contributed by atoms with E-state index in [1.807, 2.05) is 12.1 Å². The van der Waals surface area contributed by atoms with Gasteiger partial charge in [0.25, 0.3) is 0 Å². The summed E-state index contributed by atoms with van der Waals surface area (Å²) in [5.41, 5.74) is 5.62. The SMILES string of the molecule is CC1CC(C(=O)Nc2ccccc2Cl)(C(N)=S)C1. The van der Waals surface area contributed by atoms with Crippen molar-refractivity contribution in [3.8, 4) is 0 Å². The Hall–Kier alpha value is -1.13. The van der Waals surface area contributed by atoms with Crippen LogP contribution in [-0.4, -0.2) is 10.9 Å². The second-order valence-electron chi connectivity index (χ2n) is 4.89. The Morgan fingerprint density at radius 1 is 1.50 bits per heavy atom. The molecule has 0 saturated heterocycles. The van der Waals surface area contributed by atoms with Gasteiger partial charge >= 0.3 is 0 Å². The molecule has 0 heterocycles. The molecule has 3 N–H and O–H groups in total. The lowest BCUT2D eigenvalue weighted by atomic mass is 9.62. The van der Waals surface area contributed by atoms with Gasteiger partial charge in [0.15, 0.2) is 0 Å². The van der Waals surface area contributed by atoms with Crippen molar-refractivity contribution >= 4 is 40.4 Å². The van der Waals surface area contributed by atoms with Crippen LogP contribution in [0.2, 0.25) is 5.02 Å². The van der Waals surface area contributed by atoms with Gasteiger partial charge in [-0.05, 0) is 30.9 Å². The summed E-state index contributed by atoms with van der Waals surface area (Å²) >= 11 is 11.1. The van der Waals surface area contributed by atoms with E-state index >= 15 is 0 Å². The third kappa shape index (κ3) is 2.22. The number of carbonyl (C=O) groups is 1. The summed E-state index contributed by atoms with van der Waals surface area (Å²) in [5.74, 6) is 0.324. The maximum atomic E-state index is 12.3. The van der Waals surface area contributed by atoms with E-state index in [1.54, 1.807) is 12.1 Å². The van der Waals surface area contributed by atoms with E-state index in [-0.39, 0.29) is 10.9 Å². The van der Waals surface area contributed by atoms with E-state index < -0.39 is 5.41 Å². The zero-order valence-corrected chi connectivity index (χ0v) is 11.6. The van der Waals surface area contributed by atoms with Gasteiger partial charge in [-0.15, -0.1) is 0 Å². The Bertz CT molecular complexity index is 498. The monoisotopic (exact) mass is 282 g/mol. The average molecular weight is 283 g/mol. The molecule has 1 aliphatic carbocycles. The van der Waals surface area contributed by atoms with Crippen LogP contribution in [0.15, 0.2) is 24.3 Å². The topological polar surface area (TPSA) is 55.1 Å². The first kappa shape index (κ1) is 13.3. The van der Waals surface area contributed by atoms with E-state index in [0.29, 0.717) is 29.5 Å². The van der Waals surface area contributed by atoms with Gasteiger partial charge in [0.2, 0.25) is 5.91 Å². The number of anilines is 1. The number of rotatable bonds is 3. The average Bonchev–Trinajstić information content (AvgIpc) is 2.27. The molecule has 1 aromatic carbocycles. The van der Waals surface area contributed by atoms with Crippen molar-refractivity contribution in [1.29, 1.82) is 0 Å². The fraction of sp³-hybridized carbons (Fsp3) is 0.385. The van der Waals surface area contributed by atoms with Gasteiger partial charge in [-0.1, -0.05) is 42.9 Å². The highest BCUT2D eigenvalue weighted by Gasteiger charge is 2.50. The summed E-state index contributed by atoms with van der Waals surface area (Å²) in [6.45, 7) is 2.08. The predicted octanol–water partition coefficient (Wildman–Crippen LogP) is 2.98. The van der Waals surface area contributed by atoms with Crippen molar-refractivity contribution in [2.75, 3.05) is 5.32 Å². The molecule has 0 aromatic heterocycles. The van der Waals surface area contributed by atoms with Crippen LogP contribution in [0, 0.1) is 11.3 Å². The van der Waals surface area contributed by atoms with Gasteiger partial charge < -0.3 is 11.1 Å². The lowest BCUT2D eigenvalue weighted by Gasteiger charge is -2.44. The normalized spacial score (nSPS) is 26.2. The van der Waals surface area contributed by atoms with Gasteiger partial charge in [0.05, 0.1) is 21.1 Å². The van der Waals surface area contributed by atoms with E-state index in [1.165, 1.54) is 0 Å². The number of hydrogen-bond donors (Lipinski definition) is 2. The van der Waals surface area contributed by atoms with E-state index in [4.69, 9.17) is 29.6 Å². The number of para-hydroxylation sites is 1. The number of nitrogens with one attached hydrogen (secondary N) is 1. The van der Waals surface area contributed by atoms with Gasteiger partial charge in [-0.2, -0.15) is 0 Å². The van der Waals surface area contributed by atoms with Crippen LogP contribution in [0.3, 0.4) is 0 Å². The first-order valence-corrected chi connectivity index (χ1v) is 6.60. The maximum Gasteiger partial charge on any atom is 0.237 e. The van der Waals surface area contributed by atoms with Crippen LogP contribution >= 0.6 is 23.8 Å². The van der Waals surface area contributed by atoms with Gasteiger partial charge in [0.1, 0.15) is 0 Å². The number of halogens is 1. The Morgan fingerprint density at radius 3 is 2.61 bits per heavy atom. The highest BCUT2D eigenvalue weighted by molar-refractivity contribution is 7.80. The summed E-state index contributed by atoms with van der Waals surface area (Å²) in [4.78, 5) is 12.6. The Balaban J connectivity index is 2.17. The summed E-state index contributed by atoms with van der Waals surface area (Å²) in [7, 11) is 0. The van der Waals surface area contributed by atoms with Crippen LogP contribution < -0.4 is 11.1 Å². The van der Waals surface area contributed by atoms with Crippen LogP contribution in [-0.2, 0) is 4.79 Å². The van der Waals surface area contributed by atoms with Gasteiger partial charge in [0, 0.05) is 0 Å². The zero-order chi connectivity index (χ0) is 13.3. The number of carbonyl (C=O) groups excluding carboxylic acids is 1. The Labute approximate surface area is 117 Å². The van der Waals surface area contributed by atoms with Crippen molar-refractivity contribution in [1.82, 2.24) is 0 Å². The maximum absolute atomic E-state index is 12.3. The first-order chi connectivity index (χ1) is 8.45. The molecule has 5 heteroatoms. The highest BCUT2D eigenvalue weighted by atomic mass is 35.5. The largest absolute Gasteiger partial charge is 0.392 e. The summed E-state index contributed by atoms with van der Waals surface area (Å²) in [6.07, 6.45) is 1.41. The Morgan fingerprint density at radius 2 is 2.11 bits per heavy atom. The minimum atomic E-state index is -0.700. The molecule has 96 valence electrons. The molecule has 18 heavy (non-hydrogen) atoms. The third-order valence-electron chi connectivity index (χ3n) is 3.42. The molecule has 2 rings (SSSR count). The number of benzene rings is 1. The molecule has 0 atom stereocenters. The van der Waals surface area contributed by atoms with Crippen LogP contribution in [0.1, 0.15) is 19.8 Å². The molecule has 0 unspecified atom stereocenters. The Kier molecular flexibility index (Phi) is 3.59. The molecule has 0 radical (unpaired) electrons. The molecule has 0 spiro atoms. The van der Waals surface area contributed by atoms with Gasteiger partial charge in [-0.3, -0.25) is 4.79 Å². The second kappa shape index (κ2) is 4.86. The zero-order valence-electron chi connectivity index (χ0n) is 10.1. The third-order valence-corrected chi connectivity index (χ3v) is 4.14. The molecule has 0 bridgehead atoms. The first-order valence-electron chi connectivity index (χ1n) is 5.81. The van der Waals surface area contributed by atoms with Crippen molar-refractivity contribution < 1.29 is 4.79 Å². The molecule has 1 saturated carbocycles. The molecular formula is C13H15ClN2OS. The van der Waals surface area contributed by atoms with E-state index in [2.05, 4.69) is 12.2 Å². The molecular weight excluding hydrogens is 268 g/mol. The van der Waals surface area contributed by atoms with Crippen LogP contribution in [0.25, 0.3) is 0 Å². The lowest BCUT2D eigenvalue weighted by Crippen LogP contribution is -2.53. The van der Waals surface area contributed by atoms with Crippen LogP contribution in [0.5, 0.6) is 0 Å². The summed E-state index contributed by atoms with van der Waals surface area (Å²) in [5, 5.41) is 3.33. The number of nitrogens with two attached hydrogens (primary N) is 1. The molecule has 0 aliphatic heterocycles. The van der Waals surface area contributed by atoms with E-state index in [9.17, 15) is 4.79 Å². The fourth-order valence-electron chi connectivity index (χ4n) is 2.43. The van der Waals surface area contributed by atoms with Crippen molar-refractivity contribution in [3.63, 3.8) is 0 Å². The number of thiocarbonyl (C=S) groups is 1. The molecule has 1 amide bonds. The highest BCUT2D eigenvalue weighted by Crippen LogP contribution is 2.46. The van der Waals surface area contributed by atoms with Crippen molar-refractivity contribution in [2.24, 2.45) is 17.1 Å². The molecule has 1 aromatic rings. The second-order valence-corrected chi connectivity index (χ2v) is 5.74. The van der Waals surface area contributed by atoms with Crippen LogP contribution in [0.4, 0.5) is 5.69 Å². The quantitative estimate of drug-likeness (QED) is 0.838. The van der Waals surface area contributed by atoms with Gasteiger partial charge in [-0.25, -0.2) is 0 Å². The molecule has 3 nitrogen and oxygen atoms in total. The number of hydrogen-bond acceptors (Lipinski definition) is 2.